The van der Waals surface area contributed by atoms with Gasteiger partial charge in [0.1, 0.15) is 18.3 Å². The molecule has 0 unspecified atom stereocenters. The van der Waals surface area contributed by atoms with Crippen LogP contribution in [0.25, 0.3) is 0 Å². The van der Waals surface area contributed by atoms with E-state index < -0.39 is 10.7 Å². The summed E-state index contributed by atoms with van der Waals surface area (Å²) in [5.74, 6) is -0.790. The second-order valence-electron chi connectivity index (χ2n) is 4.27. The number of nitrogens with zero attached hydrogens (tertiary/aromatic N) is 1. The van der Waals surface area contributed by atoms with Crippen molar-refractivity contribution in [1.29, 1.82) is 5.41 Å². The molecule has 0 aliphatic heterocycles. The number of nitrogen functional groups attached to an aromatic ring is 1. The molecule has 0 heterocycles. The van der Waals surface area contributed by atoms with Crippen molar-refractivity contribution in [2.75, 3.05) is 0 Å². The number of amidine groups is 1. The van der Waals surface area contributed by atoms with Gasteiger partial charge in [-0.3, -0.25) is 15.5 Å². The summed E-state index contributed by atoms with van der Waals surface area (Å²) in [5, 5.41) is 18.1. The minimum Gasteiger partial charge on any atom is -0.482 e. The fourth-order valence-corrected chi connectivity index (χ4v) is 1.70. The lowest BCUT2D eigenvalue weighted by molar-refractivity contribution is -0.386. The van der Waals surface area contributed by atoms with E-state index in [0.29, 0.717) is 5.56 Å². The molecule has 0 saturated carbocycles. The third kappa shape index (κ3) is 3.53. The minimum absolute atomic E-state index is 0.0441. The zero-order valence-corrected chi connectivity index (χ0v) is 10.9. The smallest absolute Gasteiger partial charge is 0.311 e. The summed E-state index contributed by atoms with van der Waals surface area (Å²) in [6, 6.07) is 9.68. The molecule has 0 radical (unpaired) electrons. The van der Waals surface area contributed by atoms with Gasteiger partial charge in [0.25, 0.3) is 0 Å². The number of hydrogen-bond donors (Lipinski definition) is 2. The summed E-state index contributed by atoms with van der Waals surface area (Å²) in [6.45, 7) is 0.0441. The Bertz CT molecular complexity index is 686. The lowest BCUT2D eigenvalue weighted by atomic mass is 10.1. The normalized spacial score (nSPS) is 10.1. The highest BCUT2D eigenvalue weighted by molar-refractivity contribution is 5.94. The van der Waals surface area contributed by atoms with Crippen LogP contribution in [0.2, 0.25) is 0 Å². The van der Waals surface area contributed by atoms with Crippen LogP contribution < -0.4 is 10.5 Å². The zero-order valence-electron chi connectivity index (χ0n) is 10.9. The number of nitro groups is 1. The number of nitrogens with two attached hydrogens (primary N) is 1. The average Bonchev–Trinajstić information content (AvgIpc) is 2.45. The number of benzene rings is 2. The summed E-state index contributed by atoms with van der Waals surface area (Å²) in [7, 11) is 0. The molecule has 0 aliphatic rings. The Labute approximate surface area is 119 Å². The number of nitrogens with one attached hydrogen (secondary N) is 1. The Hall–Kier alpha value is -2.96. The molecule has 0 amide bonds. The first-order valence-corrected chi connectivity index (χ1v) is 5.97. The monoisotopic (exact) mass is 289 g/mol. The molecule has 3 N–H and O–H groups in total. The summed E-state index contributed by atoms with van der Waals surface area (Å²) < 4.78 is 18.4. The van der Waals surface area contributed by atoms with Crippen LogP contribution in [0.15, 0.2) is 42.5 Å². The van der Waals surface area contributed by atoms with Crippen molar-refractivity contribution in [3.8, 4) is 5.75 Å². The lowest BCUT2D eigenvalue weighted by Gasteiger charge is -2.07. The van der Waals surface area contributed by atoms with Gasteiger partial charge in [0, 0.05) is 17.7 Å². The van der Waals surface area contributed by atoms with Crippen molar-refractivity contribution in [3.05, 3.63) is 69.5 Å². The number of halogens is 1. The quantitative estimate of drug-likeness (QED) is 0.382. The highest BCUT2D eigenvalue weighted by atomic mass is 19.1. The fourth-order valence-electron chi connectivity index (χ4n) is 1.70. The Morgan fingerprint density at radius 2 is 1.95 bits per heavy atom. The molecule has 0 aliphatic carbocycles. The summed E-state index contributed by atoms with van der Waals surface area (Å²) >= 11 is 0. The summed E-state index contributed by atoms with van der Waals surface area (Å²) in [4.78, 5) is 10.2. The van der Waals surface area contributed by atoms with Gasteiger partial charge in [-0.15, -0.1) is 0 Å². The minimum atomic E-state index is -0.631. The third-order valence-corrected chi connectivity index (χ3v) is 2.78. The molecule has 2 aromatic carbocycles. The highest BCUT2D eigenvalue weighted by Gasteiger charge is 2.15. The standard InChI is InChI=1S/C14H12FN3O3/c15-11-5-6-12(18(19)20)13(7-11)21-8-9-1-3-10(4-2-9)14(16)17/h1-7H,8H2,(H3,16,17). The Kier molecular flexibility index (Phi) is 4.13. The second kappa shape index (κ2) is 6.00. The lowest BCUT2D eigenvalue weighted by Crippen LogP contribution is -2.10. The Morgan fingerprint density at radius 3 is 2.52 bits per heavy atom. The first kappa shape index (κ1) is 14.4. The van der Waals surface area contributed by atoms with Gasteiger partial charge in [0.2, 0.25) is 0 Å². The Morgan fingerprint density at radius 1 is 1.29 bits per heavy atom. The van der Waals surface area contributed by atoms with Gasteiger partial charge in [-0.1, -0.05) is 24.3 Å². The maximum atomic E-state index is 13.1. The van der Waals surface area contributed by atoms with E-state index in [1.165, 1.54) is 0 Å². The number of nitro benzene ring substituents is 1. The van der Waals surface area contributed by atoms with Crippen molar-refractivity contribution in [3.63, 3.8) is 0 Å². The topological polar surface area (TPSA) is 102 Å². The van der Waals surface area contributed by atoms with Crippen LogP contribution in [0.5, 0.6) is 5.75 Å². The van der Waals surface area contributed by atoms with Crippen LogP contribution in [0.1, 0.15) is 11.1 Å². The molecule has 0 spiro atoms. The van der Waals surface area contributed by atoms with Gasteiger partial charge >= 0.3 is 5.69 Å². The van der Waals surface area contributed by atoms with E-state index in [-0.39, 0.29) is 23.9 Å². The predicted octanol–water partition coefficient (Wildman–Crippen LogP) is 2.60. The van der Waals surface area contributed by atoms with Crippen molar-refractivity contribution in [1.82, 2.24) is 0 Å². The van der Waals surface area contributed by atoms with Gasteiger partial charge in [-0.2, -0.15) is 0 Å². The van der Waals surface area contributed by atoms with Gasteiger partial charge in [0.15, 0.2) is 5.75 Å². The molecular formula is C14H12FN3O3. The fraction of sp³-hybridized carbons (Fsp3) is 0.0714. The molecule has 2 aromatic rings. The highest BCUT2D eigenvalue weighted by Crippen LogP contribution is 2.28. The molecule has 0 saturated heterocycles. The maximum Gasteiger partial charge on any atom is 0.311 e. The molecule has 0 atom stereocenters. The maximum absolute atomic E-state index is 13.1. The van der Waals surface area contributed by atoms with Gasteiger partial charge < -0.3 is 10.5 Å². The number of ether oxygens (including phenoxy) is 1. The van der Waals surface area contributed by atoms with E-state index in [4.69, 9.17) is 15.9 Å². The molecule has 0 bridgehead atoms. The Balaban J connectivity index is 2.14. The predicted molar refractivity (Wildman–Crippen MR) is 74.8 cm³/mol. The van der Waals surface area contributed by atoms with Crippen molar-refractivity contribution in [2.24, 2.45) is 5.73 Å². The summed E-state index contributed by atoms with van der Waals surface area (Å²) in [5.41, 5.74) is 6.33. The van der Waals surface area contributed by atoms with Gasteiger partial charge in [-0.25, -0.2) is 4.39 Å². The van der Waals surface area contributed by atoms with E-state index in [1.54, 1.807) is 24.3 Å². The van der Waals surface area contributed by atoms with Crippen LogP contribution in [-0.4, -0.2) is 10.8 Å². The zero-order chi connectivity index (χ0) is 15.4. The molecule has 0 fully saturated rings. The molecule has 7 heteroatoms. The first-order chi connectivity index (χ1) is 9.97. The second-order valence-corrected chi connectivity index (χ2v) is 4.27. The van der Waals surface area contributed by atoms with Crippen molar-refractivity contribution in [2.45, 2.75) is 6.61 Å². The van der Waals surface area contributed by atoms with Crippen LogP contribution in [0.3, 0.4) is 0 Å². The SMILES string of the molecule is N=C(N)c1ccc(COc2cc(F)ccc2[N+](=O)[O-])cc1. The van der Waals surface area contributed by atoms with Crippen molar-refractivity contribution < 1.29 is 14.1 Å². The molecule has 2 rings (SSSR count). The van der Waals surface area contributed by atoms with Crippen LogP contribution >= 0.6 is 0 Å². The molecular weight excluding hydrogens is 277 g/mol. The van der Waals surface area contributed by atoms with Crippen LogP contribution in [0.4, 0.5) is 10.1 Å². The van der Waals surface area contributed by atoms with E-state index >= 15 is 0 Å². The largest absolute Gasteiger partial charge is 0.482 e. The summed E-state index contributed by atoms with van der Waals surface area (Å²) in [6.07, 6.45) is 0. The van der Waals surface area contributed by atoms with Gasteiger partial charge in [0.05, 0.1) is 4.92 Å². The van der Waals surface area contributed by atoms with E-state index in [1.807, 2.05) is 0 Å². The molecule has 0 aromatic heterocycles. The number of rotatable bonds is 5. The van der Waals surface area contributed by atoms with Crippen LogP contribution in [-0.2, 0) is 6.61 Å². The van der Waals surface area contributed by atoms with E-state index in [0.717, 1.165) is 23.8 Å². The van der Waals surface area contributed by atoms with Gasteiger partial charge in [-0.05, 0) is 11.6 Å². The van der Waals surface area contributed by atoms with Crippen molar-refractivity contribution >= 4 is 11.5 Å². The molecule has 108 valence electrons. The number of hydrogen-bond acceptors (Lipinski definition) is 4. The average molecular weight is 289 g/mol. The van der Waals surface area contributed by atoms with E-state index in [9.17, 15) is 14.5 Å². The first-order valence-electron chi connectivity index (χ1n) is 5.97. The van der Waals surface area contributed by atoms with E-state index in [2.05, 4.69) is 0 Å². The molecule has 21 heavy (non-hydrogen) atoms. The third-order valence-electron chi connectivity index (χ3n) is 2.78. The van der Waals surface area contributed by atoms with Crippen LogP contribution in [0, 0.1) is 21.3 Å². The molecule has 6 nitrogen and oxygen atoms in total.